The predicted molar refractivity (Wildman–Crippen MR) is 97.8 cm³/mol. The Morgan fingerprint density at radius 3 is 2.71 bits per heavy atom. The first-order valence-electron chi connectivity index (χ1n) is 8.82. The summed E-state index contributed by atoms with van der Waals surface area (Å²) >= 11 is 0. The van der Waals surface area contributed by atoms with Crippen LogP contribution in [0.1, 0.15) is 33.9 Å². The van der Waals surface area contributed by atoms with Crippen molar-refractivity contribution in [3.8, 4) is 0 Å². The fourth-order valence-electron chi connectivity index (χ4n) is 2.70. The van der Waals surface area contributed by atoms with Crippen LogP contribution in [0.15, 0.2) is 21.9 Å². The second kappa shape index (κ2) is 9.53. The van der Waals surface area contributed by atoms with Gasteiger partial charge in [-0.05, 0) is 25.3 Å². The largest absolute Gasteiger partial charge is 0.613 e. The quantitative estimate of drug-likeness (QED) is 0.393. The molecule has 0 aromatic carbocycles. The van der Waals surface area contributed by atoms with Crippen LogP contribution >= 0.6 is 8.18 Å². The molecule has 2 rings (SSSR count). The van der Waals surface area contributed by atoms with E-state index in [2.05, 4.69) is 10.1 Å². The van der Waals surface area contributed by atoms with Crippen molar-refractivity contribution in [3.63, 3.8) is 0 Å². The van der Waals surface area contributed by atoms with Gasteiger partial charge in [-0.2, -0.15) is 0 Å². The molecule has 0 bridgehead atoms. The first kappa shape index (κ1) is 22.4. The summed E-state index contributed by atoms with van der Waals surface area (Å²) in [5.74, 6) is -1.05. The highest BCUT2D eigenvalue weighted by molar-refractivity contribution is 7.36. The Hall–Kier alpha value is -1.91. The summed E-state index contributed by atoms with van der Waals surface area (Å²) in [6.45, 7) is 6.34. The molecule has 1 aliphatic heterocycles. The number of ether oxygens (including phenoxy) is 2. The standard InChI is InChI=1S/C16H24N3O8P/c1-8(2)26-15(22)10(4)18-28(24)25-7-11-13(21)9(3)14(27-11)19-6-5-12(20)17-16(19)23/h5-6,8-11,13-14,21H,7H2,1-4H3,(H-,17,18,20,23,24)/p+1/t9-,10+,11+,13-,14+/m0/s1. The van der Waals surface area contributed by atoms with Crippen molar-refractivity contribution in [2.24, 2.45) is 5.92 Å². The summed E-state index contributed by atoms with van der Waals surface area (Å²) in [4.78, 5) is 36.9. The number of aliphatic hydroxyl groups is 1. The Morgan fingerprint density at radius 2 is 2.11 bits per heavy atom. The number of carbonyl (C=O) groups is 1. The molecule has 1 fully saturated rings. The van der Waals surface area contributed by atoms with Crippen molar-refractivity contribution >= 4 is 14.1 Å². The Kier molecular flexibility index (Phi) is 7.62. The summed E-state index contributed by atoms with van der Waals surface area (Å²) in [6, 6.07) is 0.332. The number of esters is 1. The van der Waals surface area contributed by atoms with E-state index in [0.29, 0.717) is 0 Å². The van der Waals surface area contributed by atoms with Gasteiger partial charge < -0.3 is 14.6 Å². The van der Waals surface area contributed by atoms with E-state index in [0.717, 1.165) is 4.57 Å². The Bertz CT molecular complexity index is 823. The topological polar surface area (TPSA) is 149 Å². The Labute approximate surface area is 161 Å². The molecule has 28 heavy (non-hydrogen) atoms. The third kappa shape index (κ3) is 5.55. The maximum atomic E-state index is 12.0. The fourth-order valence-corrected chi connectivity index (χ4v) is 3.48. The van der Waals surface area contributed by atoms with Gasteiger partial charge in [-0.25, -0.2) is 4.79 Å². The molecule has 0 spiro atoms. The summed E-state index contributed by atoms with van der Waals surface area (Å²) in [5, 5.41) is 12.8. The number of aromatic nitrogens is 2. The first-order chi connectivity index (χ1) is 13.1. The van der Waals surface area contributed by atoms with Crippen molar-refractivity contribution in [2.75, 3.05) is 6.61 Å². The van der Waals surface area contributed by atoms with Gasteiger partial charge in [0.2, 0.25) is 0 Å². The normalized spacial score (nSPS) is 26.3. The second-order valence-corrected chi connectivity index (χ2v) is 7.85. The number of aliphatic hydroxyl groups excluding tert-OH is 1. The van der Waals surface area contributed by atoms with Crippen molar-refractivity contribution < 1.29 is 28.5 Å². The molecule has 1 aliphatic rings. The lowest BCUT2D eigenvalue weighted by Crippen LogP contribution is -2.34. The van der Waals surface area contributed by atoms with Crippen LogP contribution < -0.4 is 16.3 Å². The van der Waals surface area contributed by atoms with E-state index in [-0.39, 0.29) is 12.7 Å². The molecule has 11 nitrogen and oxygen atoms in total. The summed E-state index contributed by atoms with van der Waals surface area (Å²) < 4.78 is 29.0. The van der Waals surface area contributed by atoms with Gasteiger partial charge in [0, 0.05) is 18.2 Å². The number of rotatable bonds is 8. The smallest absolute Gasteiger partial charge is 0.462 e. The molecule has 3 N–H and O–H groups in total. The molecular formula is C16H25N3O8P+. The zero-order valence-electron chi connectivity index (χ0n) is 16.0. The highest BCUT2D eigenvalue weighted by Gasteiger charge is 2.44. The molecule has 0 aliphatic carbocycles. The Balaban J connectivity index is 1.92. The molecule has 1 saturated heterocycles. The molecule has 0 radical (unpaired) electrons. The molecule has 1 unspecified atom stereocenters. The van der Waals surface area contributed by atoms with Gasteiger partial charge in [0.15, 0.2) is 0 Å². The highest BCUT2D eigenvalue weighted by atomic mass is 31.1. The third-order valence-electron chi connectivity index (χ3n) is 4.17. The van der Waals surface area contributed by atoms with Crippen molar-refractivity contribution in [2.45, 2.75) is 58.3 Å². The van der Waals surface area contributed by atoms with Crippen LogP contribution in [-0.4, -0.2) is 51.6 Å². The average Bonchev–Trinajstić information content (AvgIpc) is 2.87. The van der Waals surface area contributed by atoms with Crippen LogP contribution in [0.4, 0.5) is 0 Å². The first-order valence-corrected chi connectivity index (χ1v) is 9.99. The van der Waals surface area contributed by atoms with Gasteiger partial charge in [-0.15, -0.1) is 4.52 Å². The molecule has 0 saturated carbocycles. The average molecular weight is 418 g/mol. The number of H-pyrrole nitrogens is 1. The van der Waals surface area contributed by atoms with E-state index in [9.17, 15) is 24.1 Å². The van der Waals surface area contributed by atoms with Gasteiger partial charge >= 0.3 is 19.8 Å². The van der Waals surface area contributed by atoms with E-state index < -0.39 is 55.8 Å². The van der Waals surface area contributed by atoms with Gasteiger partial charge in [-0.1, -0.05) is 12.0 Å². The van der Waals surface area contributed by atoms with Crippen LogP contribution in [-0.2, 0) is 23.4 Å². The summed E-state index contributed by atoms with van der Waals surface area (Å²) in [6.07, 6.45) is -1.68. The van der Waals surface area contributed by atoms with E-state index in [1.165, 1.54) is 19.2 Å². The molecule has 1 aromatic heterocycles. The van der Waals surface area contributed by atoms with Crippen molar-refractivity contribution in [3.05, 3.63) is 33.1 Å². The van der Waals surface area contributed by atoms with Crippen LogP contribution in [0.2, 0.25) is 0 Å². The lowest BCUT2D eigenvalue weighted by Gasteiger charge is -2.17. The SMILES string of the molecule is CC(C)OC(=O)[C@@H](C)N[P+](=O)OC[C@H]1O[C@@H](n2ccc(=O)[nH]c2=O)[C@@H](C)[C@@H]1O. The zero-order valence-corrected chi connectivity index (χ0v) is 16.9. The van der Waals surface area contributed by atoms with E-state index in [1.54, 1.807) is 20.8 Å². The van der Waals surface area contributed by atoms with Crippen LogP contribution in [0.25, 0.3) is 0 Å². The molecule has 0 amide bonds. The molecule has 156 valence electrons. The van der Waals surface area contributed by atoms with Gasteiger partial charge in [0.25, 0.3) is 5.56 Å². The number of nitrogens with zero attached hydrogens (tertiary/aromatic N) is 1. The maximum absolute atomic E-state index is 12.0. The number of aromatic amines is 1. The fraction of sp³-hybridized carbons (Fsp3) is 0.688. The van der Waals surface area contributed by atoms with Gasteiger partial charge in [0.05, 0.1) is 12.2 Å². The number of nitrogens with one attached hydrogen (secondary N) is 2. The van der Waals surface area contributed by atoms with Crippen LogP contribution in [0, 0.1) is 5.92 Å². The molecule has 12 heteroatoms. The minimum atomic E-state index is -2.41. The molecule has 1 aromatic rings. The summed E-state index contributed by atoms with van der Waals surface area (Å²) in [5.41, 5.74) is -1.20. The van der Waals surface area contributed by atoms with Crippen LogP contribution in [0.3, 0.4) is 0 Å². The van der Waals surface area contributed by atoms with E-state index >= 15 is 0 Å². The predicted octanol–water partition coefficient (Wildman–Crippen LogP) is 0.0347. The molecule has 2 heterocycles. The summed E-state index contributed by atoms with van der Waals surface area (Å²) in [7, 11) is -2.41. The zero-order chi connectivity index (χ0) is 21.0. The van der Waals surface area contributed by atoms with E-state index in [4.69, 9.17) is 14.0 Å². The lowest BCUT2D eigenvalue weighted by molar-refractivity contribution is -0.149. The third-order valence-corrected chi connectivity index (χ3v) is 5.15. The number of hydrogen-bond donors (Lipinski definition) is 3. The molecule has 6 atom stereocenters. The van der Waals surface area contributed by atoms with Crippen molar-refractivity contribution in [1.82, 2.24) is 14.6 Å². The minimum Gasteiger partial charge on any atom is -0.462 e. The van der Waals surface area contributed by atoms with E-state index in [1.807, 2.05) is 0 Å². The van der Waals surface area contributed by atoms with Crippen molar-refractivity contribution in [1.29, 1.82) is 0 Å². The highest BCUT2D eigenvalue weighted by Crippen LogP contribution is 2.34. The minimum absolute atomic E-state index is 0.228. The van der Waals surface area contributed by atoms with Crippen LogP contribution in [0.5, 0.6) is 0 Å². The van der Waals surface area contributed by atoms with Gasteiger partial charge in [-0.3, -0.25) is 19.1 Å². The number of hydrogen-bond acceptors (Lipinski definition) is 8. The van der Waals surface area contributed by atoms with Gasteiger partial charge in [0.1, 0.15) is 25.0 Å². The number of carbonyl (C=O) groups excluding carboxylic acids is 1. The maximum Gasteiger partial charge on any atom is 0.613 e. The monoisotopic (exact) mass is 418 g/mol. The Morgan fingerprint density at radius 1 is 1.43 bits per heavy atom. The lowest BCUT2D eigenvalue weighted by atomic mass is 10.0. The molecular weight excluding hydrogens is 393 g/mol. The second-order valence-electron chi connectivity index (χ2n) is 6.82.